The maximum absolute atomic E-state index is 11.8. The maximum atomic E-state index is 11.8. The van der Waals surface area contributed by atoms with Crippen molar-refractivity contribution in [3.05, 3.63) is 36.4 Å². The summed E-state index contributed by atoms with van der Waals surface area (Å²) in [6.07, 6.45) is 6.13. The van der Waals surface area contributed by atoms with E-state index in [1.807, 2.05) is 6.92 Å². The predicted molar refractivity (Wildman–Crippen MR) is 55.8 cm³/mol. The first-order valence-corrected chi connectivity index (χ1v) is 4.97. The fraction of sp³-hybridized carbons (Fsp3) is 0.300. The summed E-state index contributed by atoms with van der Waals surface area (Å²) in [5.41, 5.74) is 0.355. The van der Waals surface area contributed by atoms with Crippen LogP contribution in [0, 0.1) is 0 Å². The Morgan fingerprint density at radius 2 is 2.25 bits per heavy atom. The first-order valence-electron chi connectivity index (χ1n) is 4.97. The second-order valence-electron chi connectivity index (χ2n) is 3.18. The highest BCUT2D eigenvalue weighted by molar-refractivity contribution is 5.94. The number of hydrogen-bond donors (Lipinski definition) is 0. The van der Waals surface area contributed by atoms with E-state index in [-0.39, 0.29) is 12.2 Å². The number of carbonyl (C=O) groups excluding carboxylic acids is 1. The van der Waals surface area contributed by atoms with Crippen LogP contribution in [0.25, 0.3) is 0 Å². The van der Waals surface area contributed by atoms with Crippen LogP contribution in [-0.4, -0.2) is 30.5 Å². The molecule has 82 valence electrons. The van der Waals surface area contributed by atoms with Crippen LogP contribution < -0.4 is 0 Å². The van der Waals surface area contributed by atoms with Crippen molar-refractivity contribution in [3.8, 4) is 0 Å². The molecule has 2 aromatic heterocycles. The molecular formula is C10H11N5O. The van der Waals surface area contributed by atoms with Crippen LogP contribution in [0.4, 0.5) is 0 Å². The predicted octanol–water partition coefficient (Wildman–Crippen LogP) is 0.513. The Hall–Kier alpha value is -2.11. The molecule has 0 saturated heterocycles. The number of Topliss-reactive ketones (excluding diaryl/α,β-unsaturated/α-hetero) is 1. The minimum absolute atomic E-state index is 0.101. The van der Waals surface area contributed by atoms with Crippen LogP contribution in [0.2, 0.25) is 0 Å². The number of hydrogen-bond acceptors (Lipinski definition) is 5. The fourth-order valence-electron chi connectivity index (χ4n) is 1.37. The van der Waals surface area contributed by atoms with E-state index in [0.717, 1.165) is 0 Å². The van der Waals surface area contributed by atoms with Gasteiger partial charge in [-0.05, 0) is 6.92 Å². The zero-order valence-corrected chi connectivity index (χ0v) is 8.87. The van der Waals surface area contributed by atoms with E-state index in [0.29, 0.717) is 18.1 Å². The molecule has 0 saturated carbocycles. The zero-order chi connectivity index (χ0) is 11.4. The van der Waals surface area contributed by atoms with Crippen molar-refractivity contribution >= 4 is 5.78 Å². The summed E-state index contributed by atoms with van der Waals surface area (Å²) in [4.78, 5) is 23.6. The third-order valence-corrected chi connectivity index (χ3v) is 2.16. The third kappa shape index (κ3) is 2.10. The van der Waals surface area contributed by atoms with Crippen LogP contribution in [0.3, 0.4) is 0 Å². The van der Waals surface area contributed by atoms with Crippen molar-refractivity contribution in [3.63, 3.8) is 0 Å². The van der Waals surface area contributed by atoms with Gasteiger partial charge in [-0.25, -0.2) is 14.6 Å². The Balaban J connectivity index is 2.14. The van der Waals surface area contributed by atoms with E-state index >= 15 is 0 Å². The quantitative estimate of drug-likeness (QED) is 0.698. The lowest BCUT2D eigenvalue weighted by Crippen LogP contribution is -2.12. The van der Waals surface area contributed by atoms with Gasteiger partial charge in [0.25, 0.3) is 0 Å². The van der Waals surface area contributed by atoms with Gasteiger partial charge in [-0.15, -0.1) is 0 Å². The molecule has 0 aromatic carbocycles. The van der Waals surface area contributed by atoms with Gasteiger partial charge in [-0.3, -0.25) is 9.78 Å². The molecule has 2 rings (SSSR count). The largest absolute Gasteiger partial charge is 0.292 e. The topological polar surface area (TPSA) is 73.6 Å². The molecule has 6 nitrogen and oxygen atoms in total. The summed E-state index contributed by atoms with van der Waals surface area (Å²) in [5.74, 6) is 0.550. The number of nitrogens with zero attached hydrogens (tertiary/aromatic N) is 5. The number of ketones is 1. The van der Waals surface area contributed by atoms with Gasteiger partial charge < -0.3 is 0 Å². The van der Waals surface area contributed by atoms with Gasteiger partial charge in [0.05, 0.1) is 12.6 Å². The summed E-state index contributed by atoms with van der Waals surface area (Å²) in [7, 11) is 0. The van der Waals surface area contributed by atoms with Gasteiger partial charge in [0.2, 0.25) is 0 Å². The molecule has 2 aromatic rings. The standard InChI is InChI=1S/C10H11N5O/c1-2-15-10(13-7-14-15)5-9(16)8-6-11-3-4-12-8/h3-4,6-7H,2,5H2,1H3. The van der Waals surface area contributed by atoms with Gasteiger partial charge in [-0.1, -0.05) is 0 Å². The highest BCUT2D eigenvalue weighted by Crippen LogP contribution is 2.01. The van der Waals surface area contributed by atoms with Gasteiger partial charge in [0.15, 0.2) is 5.78 Å². The molecule has 0 fully saturated rings. The van der Waals surface area contributed by atoms with Crippen molar-refractivity contribution < 1.29 is 4.79 Å². The normalized spacial score (nSPS) is 10.3. The monoisotopic (exact) mass is 217 g/mol. The van der Waals surface area contributed by atoms with Crippen molar-refractivity contribution in [2.24, 2.45) is 0 Å². The average Bonchev–Trinajstić information content (AvgIpc) is 2.77. The number of rotatable bonds is 4. The summed E-state index contributed by atoms with van der Waals surface area (Å²) >= 11 is 0. The molecule has 2 heterocycles. The smallest absolute Gasteiger partial charge is 0.190 e. The molecule has 0 aliphatic heterocycles. The van der Waals surface area contributed by atoms with Gasteiger partial charge in [0, 0.05) is 18.9 Å². The van der Waals surface area contributed by atoms with Crippen LogP contribution in [-0.2, 0) is 13.0 Å². The van der Waals surface area contributed by atoms with Crippen LogP contribution in [0.15, 0.2) is 24.9 Å². The van der Waals surface area contributed by atoms with E-state index in [1.165, 1.54) is 24.9 Å². The van der Waals surface area contributed by atoms with Gasteiger partial charge in [0.1, 0.15) is 17.8 Å². The number of aromatic nitrogens is 5. The summed E-state index contributed by atoms with van der Waals surface area (Å²) in [6.45, 7) is 2.65. The zero-order valence-electron chi connectivity index (χ0n) is 8.87. The van der Waals surface area contributed by atoms with Crippen molar-refractivity contribution in [2.45, 2.75) is 19.9 Å². The third-order valence-electron chi connectivity index (χ3n) is 2.16. The first kappa shape index (κ1) is 10.4. The molecule has 0 unspecified atom stereocenters. The van der Waals surface area contributed by atoms with E-state index in [2.05, 4.69) is 20.1 Å². The lowest BCUT2D eigenvalue weighted by atomic mass is 10.2. The lowest BCUT2D eigenvalue weighted by molar-refractivity contribution is 0.0984. The lowest BCUT2D eigenvalue weighted by Gasteiger charge is -2.01. The molecular weight excluding hydrogens is 206 g/mol. The highest BCUT2D eigenvalue weighted by Gasteiger charge is 2.12. The first-order chi connectivity index (χ1) is 7.81. The fourth-order valence-corrected chi connectivity index (χ4v) is 1.37. The van der Waals surface area contributed by atoms with Crippen LogP contribution in [0.1, 0.15) is 23.2 Å². The summed E-state index contributed by atoms with van der Waals surface area (Å²) in [6, 6.07) is 0. The average molecular weight is 217 g/mol. The number of carbonyl (C=O) groups is 1. The maximum Gasteiger partial charge on any atom is 0.190 e. The minimum atomic E-state index is -0.101. The van der Waals surface area contributed by atoms with E-state index in [1.54, 1.807) is 4.68 Å². The Labute approximate surface area is 92.4 Å². The molecule has 0 atom stereocenters. The second-order valence-corrected chi connectivity index (χ2v) is 3.18. The molecule has 0 amide bonds. The molecule has 0 aliphatic carbocycles. The van der Waals surface area contributed by atoms with E-state index in [4.69, 9.17) is 0 Å². The molecule has 0 radical (unpaired) electrons. The van der Waals surface area contributed by atoms with Gasteiger partial charge >= 0.3 is 0 Å². The van der Waals surface area contributed by atoms with E-state index in [9.17, 15) is 4.79 Å². The van der Waals surface area contributed by atoms with E-state index < -0.39 is 0 Å². The minimum Gasteiger partial charge on any atom is -0.292 e. The summed E-state index contributed by atoms with van der Waals surface area (Å²) < 4.78 is 1.69. The van der Waals surface area contributed by atoms with Gasteiger partial charge in [-0.2, -0.15) is 5.10 Å². The Morgan fingerprint density at radius 3 is 2.94 bits per heavy atom. The van der Waals surface area contributed by atoms with Crippen LogP contribution >= 0.6 is 0 Å². The highest BCUT2D eigenvalue weighted by atomic mass is 16.1. The van der Waals surface area contributed by atoms with Crippen molar-refractivity contribution in [1.29, 1.82) is 0 Å². The second kappa shape index (κ2) is 4.61. The molecule has 16 heavy (non-hydrogen) atoms. The van der Waals surface area contributed by atoms with Crippen molar-refractivity contribution in [2.75, 3.05) is 0 Å². The summed E-state index contributed by atoms with van der Waals surface area (Å²) in [5, 5.41) is 4.00. The molecule has 0 aliphatic rings. The molecule has 6 heteroatoms. The Kier molecular flexibility index (Phi) is 3.00. The number of aryl methyl sites for hydroxylation is 1. The molecule has 0 bridgehead atoms. The molecule has 0 spiro atoms. The Morgan fingerprint density at radius 1 is 1.38 bits per heavy atom. The Bertz CT molecular complexity index is 479. The van der Waals surface area contributed by atoms with Crippen molar-refractivity contribution in [1.82, 2.24) is 24.7 Å². The SMILES string of the molecule is CCn1ncnc1CC(=O)c1cnccn1. The van der Waals surface area contributed by atoms with Crippen LogP contribution in [0.5, 0.6) is 0 Å². The molecule has 0 N–H and O–H groups in total.